The van der Waals surface area contributed by atoms with Gasteiger partial charge in [0, 0.05) is 0 Å². The zero-order valence-corrected chi connectivity index (χ0v) is 8.80. The van der Waals surface area contributed by atoms with Gasteiger partial charge in [-0.05, 0) is 34.7 Å². The van der Waals surface area contributed by atoms with Gasteiger partial charge in [-0.1, -0.05) is 0 Å². The summed E-state index contributed by atoms with van der Waals surface area (Å²) in [5, 5.41) is 0. The Balaban J connectivity index is 2.76. The Labute approximate surface area is 87.7 Å². The predicted molar refractivity (Wildman–Crippen MR) is 56.7 cm³/mol. The average Bonchev–Trinajstić information content (AvgIpc) is 2.55. The van der Waals surface area contributed by atoms with Crippen molar-refractivity contribution < 1.29 is 4.39 Å². The molecule has 2 rings (SSSR count). The van der Waals surface area contributed by atoms with Gasteiger partial charge in [0.15, 0.2) is 0 Å². The summed E-state index contributed by atoms with van der Waals surface area (Å²) in [7, 11) is 0. The molecule has 0 fully saturated rings. The van der Waals surface area contributed by atoms with Crippen LogP contribution < -0.4 is 5.73 Å². The first-order chi connectivity index (χ1) is 6.22. The molecule has 0 unspecified atom stereocenters. The Bertz CT molecular complexity index is 452. The number of benzene rings is 1. The zero-order chi connectivity index (χ0) is 9.42. The third-order valence-corrected chi connectivity index (χ3v) is 2.81. The van der Waals surface area contributed by atoms with Gasteiger partial charge in [0.2, 0.25) is 0 Å². The van der Waals surface area contributed by atoms with Gasteiger partial charge in [0.1, 0.15) is 17.2 Å². The van der Waals surface area contributed by atoms with Crippen molar-refractivity contribution in [2.45, 2.75) is 6.54 Å². The number of aromatic nitrogens is 2. The molecule has 0 aliphatic rings. The lowest BCUT2D eigenvalue weighted by molar-refractivity contribution is 0.622. The molecule has 2 aromatic rings. The molecule has 0 atom stereocenters. The van der Waals surface area contributed by atoms with Crippen molar-refractivity contribution in [2.75, 3.05) is 0 Å². The number of hydrogen-bond acceptors (Lipinski definition) is 2. The fraction of sp³-hybridized carbons (Fsp3) is 0.125. The molecule has 0 saturated heterocycles. The van der Waals surface area contributed by atoms with Crippen molar-refractivity contribution in [1.82, 2.24) is 9.97 Å². The Hall–Kier alpha value is -0.690. The van der Waals surface area contributed by atoms with Gasteiger partial charge in [0.05, 0.1) is 15.6 Å². The molecule has 0 bridgehead atoms. The first-order valence-corrected chi connectivity index (χ1v) is 4.83. The van der Waals surface area contributed by atoms with Crippen LogP contribution in [0.2, 0.25) is 0 Å². The lowest BCUT2D eigenvalue weighted by Crippen LogP contribution is -1.97. The summed E-state index contributed by atoms with van der Waals surface area (Å²) < 4.78 is 13.6. The molecular weight excluding hydrogens is 284 g/mol. The summed E-state index contributed by atoms with van der Waals surface area (Å²) in [5.41, 5.74) is 6.89. The molecule has 3 N–H and O–H groups in total. The highest BCUT2D eigenvalue weighted by molar-refractivity contribution is 14.1. The Morgan fingerprint density at radius 2 is 2.31 bits per heavy atom. The number of halogens is 2. The molecule has 0 saturated carbocycles. The normalized spacial score (nSPS) is 11.0. The van der Waals surface area contributed by atoms with E-state index in [4.69, 9.17) is 5.73 Å². The highest BCUT2D eigenvalue weighted by Crippen LogP contribution is 2.21. The average molecular weight is 291 g/mol. The monoisotopic (exact) mass is 291 g/mol. The smallest absolute Gasteiger partial charge is 0.138 e. The van der Waals surface area contributed by atoms with Gasteiger partial charge in [-0.15, -0.1) is 0 Å². The number of nitrogens with one attached hydrogen (secondary N) is 1. The summed E-state index contributed by atoms with van der Waals surface area (Å²) in [6.07, 6.45) is 0. The number of fused-ring (bicyclic) bond motifs is 1. The first kappa shape index (κ1) is 8.89. The second kappa shape index (κ2) is 3.22. The van der Waals surface area contributed by atoms with Gasteiger partial charge in [0.25, 0.3) is 0 Å². The number of nitrogens with zero attached hydrogens (tertiary/aromatic N) is 1. The van der Waals surface area contributed by atoms with Crippen molar-refractivity contribution in [3.63, 3.8) is 0 Å². The SMILES string of the molecule is NCc1nc2c(I)c(F)ccc2[nH]1. The van der Waals surface area contributed by atoms with Crippen LogP contribution in [-0.4, -0.2) is 9.97 Å². The van der Waals surface area contributed by atoms with Crippen LogP contribution in [0.5, 0.6) is 0 Å². The zero-order valence-electron chi connectivity index (χ0n) is 6.64. The van der Waals surface area contributed by atoms with E-state index in [1.807, 2.05) is 22.6 Å². The number of rotatable bonds is 1. The summed E-state index contributed by atoms with van der Waals surface area (Å²) in [6, 6.07) is 3.08. The van der Waals surface area contributed by atoms with E-state index in [0.29, 0.717) is 21.5 Å². The topological polar surface area (TPSA) is 54.7 Å². The van der Waals surface area contributed by atoms with E-state index < -0.39 is 0 Å². The quantitative estimate of drug-likeness (QED) is 0.787. The molecule has 3 nitrogen and oxygen atoms in total. The predicted octanol–water partition coefficient (Wildman–Crippen LogP) is 1.77. The lowest BCUT2D eigenvalue weighted by Gasteiger charge is -1.93. The number of aromatic amines is 1. The largest absolute Gasteiger partial charge is 0.341 e. The minimum atomic E-state index is -0.247. The van der Waals surface area contributed by atoms with Crippen molar-refractivity contribution in [2.24, 2.45) is 5.73 Å². The molecule has 0 radical (unpaired) electrons. The standard InChI is InChI=1S/C8H7FIN3/c9-4-1-2-5-8(7(4)10)13-6(3-11)12-5/h1-2H,3,11H2,(H,12,13). The summed E-state index contributed by atoms with van der Waals surface area (Å²) >= 11 is 1.93. The van der Waals surface area contributed by atoms with E-state index >= 15 is 0 Å². The van der Waals surface area contributed by atoms with E-state index in [2.05, 4.69) is 9.97 Å². The van der Waals surface area contributed by atoms with Gasteiger partial charge >= 0.3 is 0 Å². The van der Waals surface area contributed by atoms with Crippen molar-refractivity contribution >= 4 is 33.6 Å². The van der Waals surface area contributed by atoms with E-state index in [1.54, 1.807) is 6.07 Å². The highest BCUT2D eigenvalue weighted by atomic mass is 127. The van der Waals surface area contributed by atoms with E-state index in [9.17, 15) is 4.39 Å². The van der Waals surface area contributed by atoms with Gasteiger partial charge in [-0.25, -0.2) is 9.37 Å². The van der Waals surface area contributed by atoms with Crippen LogP contribution in [0.4, 0.5) is 4.39 Å². The molecule has 5 heteroatoms. The molecule has 1 heterocycles. The van der Waals surface area contributed by atoms with Crippen LogP contribution in [0.1, 0.15) is 5.82 Å². The van der Waals surface area contributed by atoms with Crippen LogP contribution in [0, 0.1) is 9.39 Å². The third-order valence-electron chi connectivity index (χ3n) is 1.79. The van der Waals surface area contributed by atoms with Gasteiger partial charge in [-0.2, -0.15) is 0 Å². The minimum absolute atomic E-state index is 0.247. The molecule has 0 amide bonds. The van der Waals surface area contributed by atoms with Crippen molar-refractivity contribution in [3.8, 4) is 0 Å². The molecule has 0 aliphatic heterocycles. The highest BCUT2D eigenvalue weighted by Gasteiger charge is 2.08. The second-order valence-electron chi connectivity index (χ2n) is 2.65. The van der Waals surface area contributed by atoms with Gasteiger partial charge < -0.3 is 10.7 Å². The van der Waals surface area contributed by atoms with E-state index in [0.717, 1.165) is 5.52 Å². The van der Waals surface area contributed by atoms with Gasteiger partial charge in [-0.3, -0.25) is 0 Å². The molecule has 0 aliphatic carbocycles. The summed E-state index contributed by atoms with van der Waals surface area (Å²) in [6.45, 7) is 0.340. The summed E-state index contributed by atoms with van der Waals surface area (Å²) in [5.74, 6) is 0.432. The molecule has 13 heavy (non-hydrogen) atoms. The van der Waals surface area contributed by atoms with Crippen LogP contribution in [0.25, 0.3) is 11.0 Å². The third kappa shape index (κ3) is 1.42. The van der Waals surface area contributed by atoms with Crippen LogP contribution in [0.3, 0.4) is 0 Å². The Morgan fingerprint density at radius 3 is 3.00 bits per heavy atom. The molecule has 0 spiro atoms. The Kier molecular flexibility index (Phi) is 2.20. The second-order valence-corrected chi connectivity index (χ2v) is 3.72. The molecule has 1 aromatic heterocycles. The lowest BCUT2D eigenvalue weighted by atomic mass is 10.3. The van der Waals surface area contributed by atoms with Crippen LogP contribution >= 0.6 is 22.6 Å². The number of nitrogens with two attached hydrogens (primary N) is 1. The van der Waals surface area contributed by atoms with Crippen molar-refractivity contribution in [1.29, 1.82) is 0 Å². The maximum absolute atomic E-state index is 13.1. The first-order valence-electron chi connectivity index (χ1n) is 3.75. The number of hydrogen-bond donors (Lipinski definition) is 2. The fourth-order valence-electron chi connectivity index (χ4n) is 1.17. The molecule has 68 valence electrons. The maximum atomic E-state index is 13.1. The minimum Gasteiger partial charge on any atom is -0.341 e. The van der Waals surface area contributed by atoms with Crippen LogP contribution in [-0.2, 0) is 6.54 Å². The van der Waals surface area contributed by atoms with Crippen LogP contribution in [0.15, 0.2) is 12.1 Å². The summed E-state index contributed by atoms with van der Waals surface area (Å²) in [4.78, 5) is 7.17. The number of H-pyrrole nitrogens is 1. The molecular formula is C8H7FIN3. The van der Waals surface area contributed by atoms with E-state index in [-0.39, 0.29) is 5.82 Å². The van der Waals surface area contributed by atoms with E-state index in [1.165, 1.54) is 6.07 Å². The fourth-order valence-corrected chi connectivity index (χ4v) is 1.76. The maximum Gasteiger partial charge on any atom is 0.138 e. The number of imidazole rings is 1. The van der Waals surface area contributed by atoms with Crippen molar-refractivity contribution in [3.05, 3.63) is 27.3 Å². The molecule has 1 aromatic carbocycles. The Morgan fingerprint density at radius 1 is 1.54 bits per heavy atom.